The third kappa shape index (κ3) is 4.85. The molecule has 1 aromatic rings. The van der Waals surface area contributed by atoms with Crippen molar-refractivity contribution in [3.63, 3.8) is 0 Å². The van der Waals surface area contributed by atoms with E-state index in [9.17, 15) is 0 Å². The zero-order valence-corrected chi connectivity index (χ0v) is 11.7. The molecule has 2 N–H and O–H groups in total. The van der Waals surface area contributed by atoms with E-state index in [0.29, 0.717) is 5.95 Å². The zero-order chi connectivity index (χ0) is 13.3. The van der Waals surface area contributed by atoms with Crippen molar-refractivity contribution in [2.75, 3.05) is 23.7 Å². The van der Waals surface area contributed by atoms with Crippen molar-refractivity contribution >= 4 is 11.8 Å². The summed E-state index contributed by atoms with van der Waals surface area (Å²) < 4.78 is 0. The van der Waals surface area contributed by atoms with Crippen LogP contribution in [0.1, 0.15) is 45.4 Å². The number of hydrogen-bond donors (Lipinski definition) is 2. The molecule has 0 amide bonds. The fraction of sp³-hybridized carbons (Fsp3) is 0.643. The predicted octanol–water partition coefficient (Wildman–Crippen LogP) is 3.00. The van der Waals surface area contributed by atoms with Crippen LogP contribution in [-0.2, 0) is 0 Å². The fourth-order valence-corrected chi connectivity index (χ4v) is 2.18. The molecule has 5 heteroatoms. The van der Waals surface area contributed by atoms with Crippen LogP contribution < -0.4 is 10.6 Å². The van der Waals surface area contributed by atoms with Gasteiger partial charge in [0, 0.05) is 13.1 Å². The highest BCUT2D eigenvalue weighted by molar-refractivity contribution is 5.36. The number of aromatic nitrogens is 3. The molecule has 1 aliphatic rings. The lowest BCUT2D eigenvalue weighted by molar-refractivity contribution is 0.679. The Morgan fingerprint density at radius 2 is 2.16 bits per heavy atom. The van der Waals surface area contributed by atoms with Crippen molar-refractivity contribution in [1.29, 1.82) is 0 Å². The van der Waals surface area contributed by atoms with Crippen LogP contribution >= 0.6 is 0 Å². The first-order valence-corrected chi connectivity index (χ1v) is 7.24. The molecular weight excluding hydrogens is 238 g/mol. The first kappa shape index (κ1) is 13.8. The minimum Gasteiger partial charge on any atom is -0.368 e. The summed E-state index contributed by atoms with van der Waals surface area (Å²) in [6.45, 7) is 3.90. The molecule has 0 saturated carbocycles. The molecule has 0 spiro atoms. The fourth-order valence-electron chi connectivity index (χ4n) is 2.18. The first-order valence-electron chi connectivity index (χ1n) is 7.24. The molecule has 1 aliphatic carbocycles. The average Bonchev–Trinajstić information content (AvgIpc) is 2.47. The third-order valence-electron chi connectivity index (χ3n) is 3.23. The minimum absolute atomic E-state index is 0.601. The minimum atomic E-state index is 0.601. The van der Waals surface area contributed by atoms with Gasteiger partial charge in [-0.25, -0.2) is 0 Å². The van der Waals surface area contributed by atoms with Gasteiger partial charge in [0.2, 0.25) is 5.95 Å². The van der Waals surface area contributed by atoms with Crippen LogP contribution in [0.5, 0.6) is 0 Å². The predicted molar refractivity (Wildman–Crippen MR) is 78.3 cm³/mol. The van der Waals surface area contributed by atoms with E-state index < -0.39 is 0 Å². The largest absolute Gasteiger partial charge is 0.368 e. The van der Waals surface area contributed by atoms with E-state index in [4.69, 9.17) is 0 Å². The van der Waals surface area contributed by atoms with E-state index in [-0.39, 0.29) is 0 Å². The van der Waals surface area contributed by atoms with E-state index in [1.807, 2.05) is 0 Å². The highest BCUT2D eigenvalue weighted by Crippen LogP contribution is 2.19. The second kappa shape index (κ2) is 7.71. The Morgan fingerprint density at radius 3 is 2.95 bits per heavy atom. The lowest BCUT2D eigenvalue weighted by atomic mass is 9.97. The van der Waals surface area contributed by atoms with Gasteiger partial charge in [-0.3, -0.25) is 0 Å². The number of nitrogens with one attached hydrogen (secondary N) is 2. The second-order valence-electron chi connectivity index (χ2n) is 4.88. The summed E-state index contributed by atoms with van der Waals surface area (Å²) in [6, 6.07) is 0. The van der Waals surface area contributed by atoms with Crippen molar-refractivity contribution in [3.8, 4) is 0 Å². The number of allylic oxidation sites excluding steroid dienone is 1. The summed E-state index contributed by atoms with van der Waals surface area (Å²) in [6.07, 6.45) is 11.4. The molecule has 5 nitrogen and oxygen atoms in total. The summed E-state index contributed by atoms with van der Waals surface area (Å²) in [5.74, 6) is 1.40. The van der Waals surface area contributed by atoms with Crippen LogP contribution in [0.25, 0.3) is 0 Å². The second-order valence-corrected chi connectivity index (χ2v) is 4.88. The van der Waals surface area contributed by atoms with E-state index >= 15 is 0 Å². The van der Waals surface area contributed by atoms with Gasteiger partial charge in [-0.05, 0) is 38.5 Å². The molecule has 19 heavy (non-hydrogen) atoms. The van der Waals surface area contributed by atoms with Crippen LogP contribution in [-0.4, -0.2) is 28.3 Å². The third-order valence-corrected chi connectivity index (χ3v) is 3.23. The Kier molecular flexibility index (Phi) is 5.59. The monoisotopic (exact) mass is 261 g/mol. The van der Waals surface area contributed by atoms with Crippen LogP contribution in [0.15, 0.2) is 17.8 Å². The Hall–Kier alpha value is -1.65. The maximum Gasteiger partial charge on any atom is 0.244 e. The summed E-state index contributed by atoms with van der Waals surface area (Å²) in [7, 11) is 0. The van der Waals surface area contributed by atoms with Crippen molar-refractivity contribution in [1.82, 2.24) is 15.2 Å². The van der Waals surface area contributed by atoms with E-state index in [1.54, 1.807) is 11.8 Å². The highest BCUT2D eigenvalue weighted by Gasteiger charge is 2.04. The van der Waals surface area contributed by atoms with Crippen LogP contribution in [0, 0.1) is 0 Å². The van der Waals surface area contributed by atoms with Crippen molar-refractivity contribution in [2.24, 2.45) is 0 Å². The molecule has 0 aromatic carbocycles. The van der Waals surface area contributed by atoms with Gasteiger partial charge >= 0.3 is 0 Å². The molecule has 0 unspecified atom stereocenters. The summed E-state index contributed by atoms with van der Waals surface area (Å²) in [5.41, 5.74) is 1.57. The molecule has 0 radical (unpaired) electrons. The van der Waals surface area contributed by atoms with Crippen LogP contribution in [0.4, 0.5) is 11.8 Å². The van der Waals surface area contributed by atoms with Gasteiger partial charge in [-0.2, -0.15) is 10.1 Å². The van der Waals surface area contributed by atoms with Gasteiger partial charge < -0.3 is 10.6 Å². The normalized spacial score (nSPS) is 14.9. The van der Waals surface area contributed by atoms with Crippen molar-refractivity contribution in [2.45, 2.75) is 45.4 Å². The van der Waals surface area contributed by atoms with Crippen LogP contribution in [0.3, 0.4) is 0 Å². The highest BCUT2D eigenvalue weighted by atomic mass is 15.3. The van der Waals surface area contributed by atoms with Gasteiger partial charge in [0.05, 0.1) is 6.20 Å². The lowest BCUT2D eigenvalue weighted by Crippen LogP contribution is -2.10. The summed E-state index contributed by atoms with van der Waals surface area (Å²) in [4.78, 5) is 4.38. The maximum atomic E-state index is 4.38. The molecule has 1 heterocycles. The smallest absolute Gasteiger partial charge is 0.244 e. The molecule has 1 aromatic heterocycles. The Morgan fingerprint density at radius 1 is 1.21 bits per heavy atom. The van der Waals surface area contributed by atoms with Crippen LogP contribution in [0.2, 0.25) is 0 Å². The van der Waals surface area contributed by atoms with Gasteiger partial charge in [0.1, 0.15) is 0 Å². The standard InChI is InChI=1S/C14H23N5/c1-2-9-16-14-18-13(11-17-19-14)15-10-8-12-6-4-3-5-7-12/h6,11H,2-5,7-10H2,1H3,(H2,15,16,18,19). The molecule has 0 fully saturated rings. The zero-order valence-electron chi connectivity index (χ0n) is 11.7. The number of nitrogens with zero attached hydrogens (tertiary/aromatic N) is 3. The average molecular weight is 261 g/mol. The van der Waals surface area contributed by atoms with E-state index in [2.05, 4.69) is 38.8 Å². The Labute approximate surface area is 114 Å². The summed E-state index contributed by atoms with van der Waals surface area (Å²) in [5, 5.41) is 14.4. The molecule has 104 valence electrons. The number of anilines is 2. The van der Waals surface area contributed by atoms with E-state index in [1.165, 1.54) is 25.7 Å². The number of hydrogen-bond acceptors (Lipinski definition) is 5. The van der Waals surface area contributed by atoms with E-state index in [0.717, 1.165) is 31.7 Å². The van der Waals surface area contributed by atoms with Crippen molar-refractivity contribution < 1.29 is 0 Å². The lowest BCUT2D eigenvalue weighted by Gasteiger charge is -2.13. The SMILES string of the molecule is CCCNc1nncc(NCCC2=CCCCC2)n1. The molecule has 0 aliphatic heterocycles. The molecule has 0 bridgehead atoms. The van der Waals surface area contributed by atoms with Crippen molar-refractivity contribution in [3.05, 3.63) is 17.8 Å². The Balaban J connectivity index is 1.77. The first-order chi connectivity index (χ1) is 9.38. The van der Waals surface area contributed by atoms with Gasteiger partial charge in [-0.1, -0.05) is 18.6 Å². The Bertz CT molecular complexity index is 416. The van der Waals surface area contributed by atoms with Gasteiger partial charge in [0.15, 0.2) is 5.82 Å². The van der Waals surface area contributed by atoms with Gasteiger partial charge in [-0.15, -0.1) is 5.10 Å². The van der Waals surface area contributed by atoms with Gasteiger partial charge in [0.25, 0.3) is 0 Å². The molecular formula is C14H23N5. The molecule has 0 atom stereocenters. The molecule has 0 saturated heterocycles. The summed E-state index contributed by atoms with van der Waals surface area (Å²) >= 11 is 0. The molecule has 2 rings (SSSR count). The topological polar surface area (TPSA) is 62.7 Å². The quantitative estimate of drug-likeness (QED) is 0.739. The number of rotatable bonds is 7. The maximum absolute atomic E-state index is 4.38.